The van der Waals surface area contributed by atoms with Crippen molar-refractivity contribution in [1.29, 1.82) is 5.26 Å². The highest BCUT2D eigenvalue weighted by Gasteiger charge is 2.21. The summed E-state index contributed by atoms with van der Waals surface area (Å²) in [6, 6.07) is 5.79. The molecule has 0 bridgehead atoms. The van der Waals surface area contributed by atoms with Crippen LogP contribution in [-0.4, -0.2) is 18.1 Å². The van der Waals surface area contributed by atoms with E-state index in [1.807, 2.05) is 12.1 Å². The molecule has 3 heteroatoms. The second-order valence-electron chi connectivity index (χ2n) is 5.69. The standard InChI is InChI=1S/C15H19N3/c1-15(2,3)12-6-8-18(9-7-12)14-5-4-13(10-16)17-11-14/h4-6,11H,7-9H2,1-3H3. The molecule has 0 amide bonds. The highest BCUT2D eigenvalue weighted by atomic mass is 15.1. The van der Waals surface area contributed by atoms with Gasteiger partial charge in [0, 0.05) is 13.1 Å². The fraction of sp³-hybridized carbons (Fsp3) is 0.467. The largest absolute Gasteiger partial charge is 0.366 e. The van der Waals surface area contributed by atoms with Crippen LogP contribution in [0.3, 0.4) is 0 Å². The lowest BCUT2D eigenvalue weighted by Gasteiger charge is -2.33. The lowest BCUT2D eigenvalue weighted by atomic mass is 9.83. The number of anilines is 1. The Balaban J connectivity index is 2.10. The Labute approximate surface area is 109 Å². The van der Waals surface area contributed by atoms with E-state index in [4.69, 9.17) is 5.26 Å². The van der Waals surface area contributed by atoms with Crippen molar-refractivity contribution in [2.75, 3.05) is 18.0 Å². The highest BCUT2D eigenvalue weighted by Crippen LogP contribution is 2.31. The molecule has 0 saturated carbocycles. The zero-order chi connectivity index (χ0) is 13.2. The molecule has 0 unspecified atom stereocenters. The minimum atomic E-state index is 0.273. The van der Waals surface area contributed by atoms with E-state index in [1.165, 1.54) is 5.57 Å². The van der Waals surface area contributed by atoms with Crippen LogP contribution in [0.1, 0.15) is 32.9 Å². The SMILES string of the molecule is CC(C)(C)C1=CCN(c2ccc(C#N)nc2)CC1. The molecule has 0 N–H and O–H groups in total. The normalized spacial score (nSPS) is 16.1. The van der Waals surface area contributed by atoms with Crippen molar-refractivity contribution in [2.45, 2.75) is 27.2 Å². The summed E-state index contributed by atoms with van der Waals surface area (Å²) in [5.74, 6) is 0. The van der Waals surface area contributed by atoms with Crippen LogP contribution >= 0.6 is 0 Å². The molecule has 0 aliphatic carbocycles. The molecule has 3 nitrogen and oxygen atoms in total. The molecule has 1 aromatic rings. The van der Waals surface area contributed by atoms with Gasteiger partial charge in [-0.1, -0.05) is 32.4 Å². The van der Waals surface area contributed by atoms with E-state index >= 15 is 0 Å². The van der Waals surface area contributed by atoms with Crippen LogP contribution in [0, 0.1) is 16.7 Å². The number of hydrogen-bond donors (Lipinski definition) is 0. The third-order valence-electron chi connectivity index (χ3n) is 3.40. The Morgan fingerprint density at radius 1 is 1.33 bits per heavy atom. The summed E-state index contributed by atoms with van der Waals surface area (Å²) in [6.45, 7) is 8.74. The van der Waals surface area contributed by atoms with Gasteiger partial charge in [0.25, 0.3) is 0 Å². The van der Waals surface area contributed by atoms with Crippen molar-refractivity contribution >= 4 is 5.69 Å². The van der Waals surface area contributed by atoms with Crippen LogP contribution < -0.4 is 4.90 Å². The zero-order valence-electron chi connectivity index (χ0n) is 11.3. The van der Waals surface area contributed by atoms with Crippen LogP contribution in [0.5, 0.6) is 0 Å². The minimum absolute atomic E-state index is 0.273. The fourth-order valence-electron chi connectivity index (χ4n) is 2.22. The molecule has 0 radical (unpaired) electrons. The monoisotopic (exact) mass is 241 g/mol. The molecule has 1 aliphatic heterocycles. The number of rotatable bonds is 1. The van der Waals surface area contributed by atoms with E-state index < -0.39 is 0 Å². The molecule has 1 aromatic heterocycles. The molecule has 18 heavy (non-hydrogen) atoms. The molecule has 0 aromatic carbocycles. The van der Waals surface area contributed by atoms with Gasteiger partial charge in [-0.25, -0.2) is 4.98 Å². The molecule has 0 atom stereocenters. The minimum Gasteiger partial charge on any atom is -0.366 e. The molecule has 2 heterocycles. The van der Waals surface area contributed by atoms with E-state index in [9.17, 15) is 0 Å². The van der Waals surface area contributed by atoms with Crippen LogP contribution in [0.25, 0.3) is 0 Å². The van der Waals surface area contributed by atoms with Crippen molar-refractivity contribution < 1.29 is 0 Å². The van der Waals surface area contributed by atoms with Gasteiger partial charge in [0.2, 0.25) is 0 Å². The Morgan fingerprint density at radius 2 is 2.11 bits per heavy atom. The van der Waals surface area contributed by atoms with Gasteiger partial charge < -0.3 is 4.90 Å². The Hall–Kier alpha value is -1.82. The maximum absolute atomic E-state index is 8.73. The van der Waals surface area contributed by atoms with Gasteiger partial charge in [-0.15, -0.1) is 0 Å². The molecular formula is C15H19N3. The van der Waals surface area contributed by atoms with Crippen molar-refractivity contribution in [2.24, 2.45) is 5.41 Å². The number of pyridine rings is 1. The van der Waals surface area contributed by atoms with Gasteiger partial charge in [0.05, 0.1) is 11.9 Å². The summed E-state index contributed by atoms with van der Waals surface area (Å²) < 4.78 is 0. The van der Waals surface area contributed by atoms with Crippen LogP contribution in [0.4, 0.5) is 5.69 Å². The second-order valence-corrected chi connectivity index (χ2v) is 5.69. The van der Waals surface area contributed by atoms with Gasteiger partial charge in [-0.2, -0.15) is 5.26 Å². The Morgan fingerprint density at radius 3 is 2.56 bits per heavy atom. The summed E-state index contributed by atoms with van der Waals surface area (Å²) in [6.07, 6.45) is 5.21. The molecule has 0 saturated heterocycles. The van der Waals surface area contributed by atoms with Crippen LogP contribution in [0.15, 0.2) is 30.0 Å². The first-order chi connectivity index (χ1) is 8.50. The smallest absolute Gasteiger partial charge is 0.140 e. The third kappa shape index (κ3) is 2.70. The number of nitriles is 1. The first-order valence-electron chi connectivity index (χ1n) is 6.31. The van der Waals surface area contributed by atoms with Crippen molar-refractivity contribution in [3.05, 3.63) is 35.7 Å². The average molecular weight is 241 g/mol. The molecule has 94 valence electrons. The maximum atomic E-state index is 8.73. The summed E-state index contributed by atoms with van der Waals surface area (Å²) in [4.78, 5) is 6.41. The molecule has 2 rings (SSSR count). The first-order valence-corrected chi connectivity index (χ1v) is 6.31. The predicted octanol–water partition coefficient (Wildman–Crippen LogP) is 3.14. The molecule has 0 fully saturated rings. The van der Waals surface area contributed by atoms with E-state index in [1.54, 1.807) is 12.3 Å². The molecule has 0 spiro atoms. The van der Waals surface area contributed by atoms with Gasteiger partial charge >= 0.3 is 0 Å². The quantitative estimate of drug-likeness (QED) is 0.709. The zero-order valence-corrected chi connectivity index (χ0v) is 11.3. The van der Waals surface area contributed by atoms with Gasteiger partial charge in [0.1, 0.15) is 11.8 Å². The topological polar surface area (TPSA) is 39.9 Å². The second kappa shape index (κ2) is 4.81. The van der Waals surface area contributed by atoms with Gasteiger partial charge in [-0.05, 0) is 24.0 Å². The summed E-state index contributed by atoms with van der Waals surface area (Å²) in [5.41, 5.74) is 3.37. The third-order valence-corrected chi connectivity index (χ3v) is 3.40. The maximum Gasteiger partial charge on any atom is 0.140 e. The lowest BCUT2D eigenvalue weighted by molar-refractivity contribution is 0.472. The lowest BCUT2D eigenvalue weighted by Crippen LogP contribution is -2.31. The van der Waals surface area contributed by atoms with Gasteiger partial charge in [0.15, 0.2) is 0 Å². The summed E-state index contributed by atoms with van der Waals surface area (Å²) >= 11 is 0. The summed E-state index contributed by atoms with van der Waals surface area (Å²) in [5, 5.41) is 8.73. The number of hydrogen-bond acceptors (Lipinski definition) is 3. The number of aromatic nitrogens is 1. The van der Waals surface area contributed by atoms with E-state index in [0.29, 0.717) is 5.69 Å². The van der Waals surface area contributed by atoms with Crippen LogP contribution in [-0.2, 0) is 0 Å². The molecular weight excluding hydrogens is 222 g/mol. The van der Waals surface area contributed by atoms with Gasteiger partial charge in [-0.3, -0.25) is 0 Å². The summed E-state index contributed by atoms with van der Waals surface area (Å²) in [7, 11) is 0. The Kier molecular flexibility index (Phi) is 3.38. The van der Waals surface area contributed by atoms with E-state index in [2.05, 4.69) is 36.7 Å². The Bertz CT molecular complexity index is 486. The van der Waals surface area contributed by atoms with Crippen molar-refractivity contribution in [1.82, 2.24) is 4.98 Å². The van der Waals surface area contributed by atoms with E-state index in [-0.39, 0.29) is 5.41 Å². The van der Waals surface area contributed by atoms with E-state index in [0.717, 1.165) is 25.2 Å². The predicted molar refractivity (Wildman–Crippen MR) is 73.3 cm³/mol. The number of nitrogens with zero attached hydrogens (tertiary/aromatic N) is 3. The fourth-order valence-corrected chi connectivity index (χ4v) is 2.22. The highest BCUT2D eigenvalue weighted by molar-refractivity contribution is 5.48. The average Bonchev–Trinajstić information content (AvgIpc) is 2.38. The van der Waals surface area contributed by atoms with Crippen LogP contribution in [0.2, 0.25) is 0 Å². The first kappa shape index (κ1) is 12.6. The molecule has 1 aliphatic rings. The van der Waals surface area contributed by atoms with Crippen molar-refractivity contribution in [3.8, 4) is 6.07 Å². The van der Waals surface area contributed by atoms with Crippen molar-refractivity contribution in [3.63, 3.8) is 0 Å².